The van der Waals surface area contributed by atoms with Crippen molar-refractivity contribution in [1.82, 2.24) is 0 Å². The quantitative estimate of drug-likeness (QED) is 0.233. The maximum Gasteiger partial charge on any atom is 0.399 e. The zero-order valence-corrected chi connectivity index (χ0v) is 21.1. The molecule has 3 N–H and O–H groups in total. The van der Waals surface area contributed by atoms with Gasteiger partial charge in [0.05, 0.1) is 48.5 Å². The van der Waals surface area contributed by atoms with Crippen molar-refractivity contribution in [3.63, 3.8) is 0 Å². The summed E-state index contributed by atoms with van der Waals surface area (Å²) >= 11 is 0. The van der Waals surface area contributed by atoms with Gasteiger partial charge >= 0.3 is 10.4 Å². The maximum absolute atomic E-state index is 12.3. The van der Waals surface area contributed by atoms with E-state index in [1.165, 1.54) is 37.3 Å². The van der Waals surface area contributed by atoms with Crippen LogP contribution in [0.1, 0.15) is 6.92 Å². The van der Waals surface area contributed by atoms with E-state index in [0.717, 1.165) is 20.3 Å². The number of nitrogens with one attached hydrogen (secondary N) is 1. The van der Waals surface area contributed by atoms with Crippen LogP contribution in [0, 0.1) is 0 Å². The molecule has 0 radical (unpaired) electrons. The number of sulfone groups is 1. The summed E-state index contributed by atoms with van der Waals surface area (Å²) in [5.74, 6) is -1.10. The molecule has 0 saturated carbocycles. The van der Waals surface area contributed by atoms with Crippen molar-refractivity contribution < 1.29 is 42.6 Å². The second-order valence-corrected chi connectivity index (χ2v) is 11.8. The number of nitrogen functional groups attached to an aromatic ring is 1. The van der Waals surface area contributed by atoms with Gasteiger partial charge in [-0.25, -0.2) is 12.6 Å². The Kier molecular flexibility index (Phi) is 9.04. The van der Waals surface area contributed by atoms with Crippen molar-refractivity contribution in [1.29, 1.82) is 0 Å². The standard InChI is InChI=1S/C18H22N4O10S3/c1-12(23)20-16-10-15(19)18(34(26,27)30-2)11-17(16)22-21-13-4-6-14(7-5-13)33(24,25)9-8-32-35(28,29)31-3/h4-7,10-11H,8-9,19H2,1-3H3,(H,20,23). The van der Waals surface area contributed by atoms with Crippen LogP contribution in [0.4, 0.5) is 22.7 Å². The molecule has 0 aliphatic carbocycles. The van der Waals surface area contributed by atoms with Crippen molar-refractivity contribution >= 4 is 59.0 Å². The first kappa shape index (κ1) is 28.3. The number of rotatable bonds is 11. The molecule has 192 valence electrons. The monoisotopic (exact) mass is 550 g/mol. The first-order valence-electron chi connectivity index (χ1n) is 9.42. The predicted molar refractivity (Wildman–Crippen MR) is 124 cm³/mol. The van der Waals surface area contributed by atoms with E-state index >= 15 is 0 Å². The van der Waals surface area contributed by atoms with Crippen LogP contribution in [0.2, 0.25) is 0 Å². The van der Waals surface area contributed by atoms with Crippen LogP contribution < -0.4 is 11.1 Å². The van der Waals surface area contributed by atoms with Crippen LogP contribution >= 0.6 is 0 Å². The highest BCUT2D eigenvalue weighted by Crippen LogP contribution is 2.35. The second-order valence-electron chi connectivity index (χ2n) is 6.62. The molecule has 14 nitrogen and oxygen atoms in total. The van der Waals surface area contributed by atoms with Crippen molar-refractivity contribution in [2.75, 3.05) is 37.6 Å². The number of hydrogen-bond acceptors (Lipinski definition) is 13. The maximum atomic E-state index is 12.3. The Hall–Kier alpha value is -2.96. The topological polar surface area (TPSA) is 210 Å². The van der Waals surface area contributed by atoms with Crippen LogP contribution in [-0.2, 0) is 47.7 Å². The Balaban J connectivity index is 2.31. The van der Waals surface area contributed by atoms with Gasteiger partial charge in [0.1, 0.15) is 10.6 Å². The molecule has 0 spiro atoms. The highest BCUT2D eigenvalue weighted by molar-refractivity contribution is 7.91. The Morgan fingerprint density at radius 2 is 1.60 bits per heavy atom. The zero-order chi connectivity index (χ0) is 26.4. The lowest BCUT2D eigenvalue weighted by Gasteiger charge is -2.11. The third-order valence-corrected chi connectivity index (χ3v) is 8.07. The van der Waals surface area contributed by atoms with Crippen LogP contribution in [-0.4, -0.2) is 57.7 Å². The van der Waals surface area contributed by atoms with Gasteiger partial charge in [-0.05, 0) is 36.4 Å². The lowest BCUT2D eigenvalue weighted by atomic mass is 10.2. The molecule has 0 aromatic heterocycles. The van der Waals surface area contributed by atoms with Crippen molar-refractivity contribution in [3.05, 3.63) is 36.4 Å². The number of anilines is 2. The minimum absolute atomic E-state index is 0.0572. The van der Waals surface area contributed by atoms with Crippen molar-refractivity contribution in [2.24, 2.45) is 10.2 Å². The van der Waals surface area contributed by atoms with Crippen LogP contribution in [0.3, 0.4) is 0 Å². The van der Waals surface area contributed by atoms with Gasteiger partial charge in [-0.1, -0.05) is 0 Å². The van der Waals surface area contributed by atoms with Gasteiger partial charge in [-0.15, -0.1) is 5.11 Å². The number of benzene rings is 2. The molecule has 2 aromatic carbocycles. The summed E-state index contributed by atoms with van der Waals surface area (Å²) in [4.78, 5) is 11.0. The fraction of sp³-hybridized carbons (Fsp3) is 0.278. The Bertz CT molecular complexity index is 1440. The van der Waals surface area contributed by atoms with Gasteiger partial charge in [0, 0.05) is 6.92 Å². The molecule has 0 saturated heterocycles. The van der Waals surface area contributed by atoms with Gasteiger partial charge < -0.3 is 11.1 Å². The van der Waals surface area contributed by atoms with Crippen LogP contribution in [0.25, 0.3) is 0 Å². The number of hydrogen-bond donors (Lipinski definition) is 2. The highest BCUT2D eigenvalue weighted by Gasteiger charge is 2.21. The molecule has 0 atom stereocenters. The van der Waals surface area contributed by atoms with E-state index in [1.54, 1.807) is 0 Å². The molecule has 35 heavy (non-hydrogen) atoms. The molecular formula is C18H22N4O10S3. The van der Waals surface area contributed by atoms with E-state index in [1.807, 2.05) is 0 Å². The molecule has 0 unspecified atom stereocenters. The minimum Gasteiger partial charge on any atom is -0.398 e. The molecule has 1 amide bonds. The average molecular weight is 551 g/mol. The van der Waals surface area contributed by atoms with E-state index in [9.17, 15) is 30.0 Å². The molecule has 0 fully saturated rings. The van der Waals surface area contributed by atoms with E-state index < -0.39 is 48.6 Å². The molecule has 0 aliphatic heterocycles. The largest absolute Gasteiger partial charge is 0.399 e. The third kappa shape index (κ3) is 7.77. The van der Waals surface area contributed by atoms with Crippen molar-refractivity contribution in [2.45, 2.75) is 16.7 Å². The zero-order valence-electron chi connectivity index (χ0n) is 18.7. The fourth-order valence-corrected chi connectivity index (χ4v) is 4.87. The van der Waals surface area contributed by atoms with Gasteiger partial charge in [-0.3, -0.25) is 13.2 Å². The first-order chi connectivity index (χ1) is 16.2. The minimum atomic E-state index is -4.26. The molecule has 0 bridgehead atoms. The summed E-state index contributed by atoms with van der Waals surface area (Å²) in [7, 11) is -10.5. The van der Waals surface area contributed by atoms with E-state index in [0.29, 0.717) is 0 Å². The Labute approximate surface area is 202 Å². The van der Waals surface area contributed by atoms with Gasteiger partial charge in [0.25, 0.3) is 10.1 Å². The number of carbonyl (C=O) groups excluding carboxylic acids is 1. The Morgan fingerprint density at radius 3 is 2.14 bits per heavy atom. The van der Waals surface area contributed by atoms with E-state index in [-0.39, 0.29) is 32.5 Å². The molecule has 0 aliphatic rings. The van der Waals surface area contributed by atoms with Gasteiger partial charge in [0.2, 0.25) is 5.91 Å². The number of nitrogens with two attached hydrogens (primary N) is 1. The SMILES string of the molecule is COS(=O)(=O)OCCS(=O)(=O)c1ccc(N=Nc2cc(S(=O)(=O)OC)c(N)cc2NC(C)=O)cc1. The van der Waals surface area contributed by atoms with Crippen LogP contribution in [0.15, 0.2) is 56.4 Å². The summed E-state index contributed by atoms with van der Waals surface area (Å²) < 4.78 is 84.0. The second kappa shape index (κ2) is 11.2. The summed E-state index contributed by atoms with van der Waals surface area (Å²) in [6.07, 6.45) is 0. The lowest BCUT2D eigenvalue weighted by molar-refractivity contribution is -0.114. The number of azo groups is 1. The molecule has 0 heterocycles. The fourth-order valence-electron chi connectivity index (χ4n) is 2.51. The summed E-state index contributed by atoms with van der Waals surface area (Å²) in [5, 5.41) is 10.3. The van der Waals surface area contributed by atoms with Crippen LogP contribution in [0.5, 0.6) is 0 Å². The molecular weight excluding hydrogens is 528 g/mol. The molecule has 17 heteroatoms. The van der Waals surface area contributed by atoms with Gasteiger partial charge in [0.15, 0.2) is 9.84 Å². The predicted octanol–water partition coefficient (Wildman–Crippen LogP) is 1.66. The normalized spacial score (nSPS) is 12.7. The lowest BCUT2D eigenvalue weighted by Crippen LogP contribution is -2.16. The third-order valence-electron chi connectivity index (χ3n) is 4.18. The number of carbonyl (C=O) groups is 1. The molecule has 2 aromatic rings. The highest BCUT2D eigenvalue weighted by atomic mass is 32.3. The Morgan fingerprint density at radius 1 is 0.971 bits per heavy atom. The van der Waals surface area contributed by atoms with Crippen molar-refractivity contribution in [3.8, 4) is 0 Å². The average Bonchev–Trinajstić information content (AvgIpc) is 2.78. The first-order valence-corrected chi connectivity index (χ1v) is 13.8. The number of amides is 1. The number of nitrogens with zero attached hydrogens (tertiary/aromatic N) is 2. The molecule has 2 rings (SSSR count). The summed E-state index contributed by atoms with van der Waals surface area (Å²) in [6, 6.07) is 7.30. The smallest absolute Gasteiger partial charge is 0.398 e. The summed E-state index contributed by atoms with van der Waals surface area (Å²) in [5.41, 5.74) is 5.79. The summed E-state index contributed by atoms with van der Waals surface area (Å²) in [6.45, 7) is 0.585. The van der Waals surface area contributed by atoms with Gasteiger partial charge in [-0.2, -0.15) is 21.9 Å². The van der Waals surface area contributed by atoms with E-state index in [4.69, 9.17) is 5.73 Å². The van der Waals surface area contributed by atoms with E-state index in [2.05, 4.69) is 28.1 Å².